The minimum absolute atomic E-state index is 0.00714. The lowest BCUT2D eigenvalue weighted by Gasteiger charge is -2.43. The lowest BCUT2D eigenvalue weighted by atomic mass is 10.1. The van der Waals surface area contributed by atoms with Gasteiger partial charge in [0.2, 0.25) is 0 Å². The second-order valence-corrected chi connectivity index (χ2v) is 5.81. The number of rotatable bonds is 3. The summed E-state index contributed by atoms with van der Waals surface area (Å²) in [5.41, 5.74) is 0.460. The number of hydrogen-bond acceptors (Lipinski definition) is 6. The fraction of sp³-hybridized carbons (Fsp3) is 0.643. The fourth-order valence-corrected chi connectivity index (χ4v) is 3.42. The first kappa shape index (κ1) is 14.2. The Morgan fingerprint density at radius 3 is 2.95 bits per heavy atom. The quantitative estimate of drug-likeness (QED) is 0.659. The monoisotopic (exact) mass is 292 g/mol. The van der Waals surface area contributed by atoms with Gasteiger partial charge in [-0.15, -0.1) is 0 Å². The van der Waals surface area contributed by atoms with Crippen LogP contribution < -0.4 is 4.90 Å². The number of fused-ring (bicyclic) bond motifs is 1. The second-order valence-electron chi connectivity index (χ2n) is 5.81. The van der Waals surface area contributed by atoms with Gasteiger partial charge in [-0.25, -0.2) is 4.98 Å². The van der Waals surface area contributed by atoms with Crippen LogP contribution in [0.3, 0.4) is 0 Å². The summed E-state index contributed by atoms with van der Waals surface area (Å²) in [7, 11) is 0. The average Bonchev–Trinajstić information content (AvgIpc) is 2.92. The minimum Gasteiger partial charge on any atom is -0.394 e. The standard InChI is InChI=1S/C14H20N4O3/c1-10-13(18(20)21)4-5-14(15-10)17-8-11-3-2-6-16(11)7-12(17)9-19/h4-5,11-12,19H,2-3,6-9H2,1H3/t11-,12+/m0/s1. The number of aliphatic hydroxyl groups excluding tert-OH is 1. The zero-order valence-corrected chi connectivity index (χ0v) is 12.1. The Hall–Kier alpha value is -1.73. The van der Waals surface area contributed by atoms with Gasteiger partial charge in [-0.3, -0.25) is 15.0 Å². The molecule has 0 aliphatic carbocycles. The van der Waals surface area contributed by atoms with Gasteiger partial charge in [0.05, 0.1) is 17.6 Å². The number of anilines is 1. The van der Waals surface area contributed by atoms with Crippen LogP contribution in [0.4, 0.5) is 11.5 Å². The molecule has 1 N–H and O–H groups in total. The van der Waals surface area contributed by atoms with Crippen molar-refractivity contribution in [2.24, 2.45) is 0 Å². The van der Waals surface area contributed by atoms with Crippen LogP contribution in [0.1, 0.15) is 18.5 Å². The van der Waals surface area contributed by atoms with E-state index in [1.807, 2.05) is 0 Å². The lowest BCUT2D eigenvalue weighted by molar-refractivity contribution is -0.385. The SMILES string of the molecule is Cc1nc(N2C[C@@H]3CCCN3C[C@@H]2CO)ccc1[N+](=O)[O-]. The molecule has 3 rings (SSSR count). The molecule has 0 bridgehead atoms. The summed E-state index contributed by atoms with van der Waals surface area (Å²) in [5.74, 6) is 0.726. The molecule has 1 aromatic rings. The Bertz CT molecular complexity index is 551. The molecule has 3 heterocycles. The molecule has 0 radical (unpaired) electrons. The normalized spacial score (nSPS) is 25.9. The third-order valence-electron chi connectivity index (χ3n) is 4.54. The van der Waals surface area contributed by atoms with E-state index >= 15 is 0 Å². The fourth-order valence-electron chi connectivity index (χ4n) is 3.42. The number of aliphatic hydroxyl groups is 1. The van der Waals surface area contributed by atoms with Gasteiger partial charge >= 0.3 is 0 Å². The predicted octanol–water partition coefficient (Wildman–Crippen LogP) is 0.944. The van der Waals surface area contributed by atoms with Gasteiger partial charge in [-0.05, 0) is 32.4 Å². The largest absolute Gasteiger partial charge is 0.394 e. The summed E-state index contributed by atoms with van der Waals surface area (Å²) in [4.78, 5) is 19.4. The Morgan fingerprint density at radius 2 is 2.29 bits per heavy atom. The number of pyridine rings is 1. The van der Waals surface area contributed by atoms with Crippen molar-refractivity contribution >= 4 is 11.5 Å². The highest BCUT2D eigenvalue weighted by Gasteiger charge is 2.36. The van der Waals surface area contributed by atoms with E-state index in [0.717, 1.165) is 25.5 Å². The van der Waals surface area contributed by atoms with Crippen LogP contribution >= 0.6 is 0 Å². The molecule has 0 unspecified atom stereocenters. The first-order valence-electron chi connectivity index (χ1n) is 7.33. The number of aryl methyl sites for hydroxylation is 1. The molecule has 2 aliphatic rings. The molecule has 21 heavy (non-hydrogen) atoms. The van der Waals surface area contributed by atoms with Crippen molar-refractivity contribution in [2.75, 3.05) is 31.1 Å². The second kappa shape index (κ2) is 5.57. The van der Waals surface area contributed by atoms with Crippen molar-refractivity contribution in [1.82, 2.24) is 9.88 Å². The molecular weight excluding hydrogens is 272 g/mol. The number of hydrogen-bond donors (Lipinski definition) is 1. The molecule has 1 aromatic heterocycles. The third kappa shape index (κ3) is 2.58. The van der Waals surface area contributed by atoms with Crippen molar-refractivity contribution in [3.05, 3.63) is 27.9 Å². The maximum Gasteiger partial charge on any atom is 0.290 e. The number of aromatic nitrogens is 1. The van der Waals surface area contributed by atoms with Crippen LogP contribution in [0.25, 0.3) is 0 Å². The Labute approximate surface area is 123 Å². The first-order valence-corrected chi connectivity index (χ1v) is 7.33. The van der Waals surface area contributed by atoms with Crippen LogP contribution in [0.15, 0.2) is 12.1 Å². The average molecular weight is 292 g/mol. The molecule has 7 heteroatoms. The van der Waals surface area contributed by atoms with Crippen LogP contribution in [-0.2, 0) is 0 Å². The van der Waals surface area contributed by atoms with E-state index in [9.17, 15) is 15.2 Å². The molecule has 7 nitrogen and oxygen atoms in total. The van der Waals surface area contributed by atoms with E-state index in [0.29, 0.717) is 11.7 Å². The number of piperazine rings is 1. The highest BCUT2D eigenvalue weighted by molar-refractivity contribution is 5.48. The van der Waals surface area contributed by atoms with E-state index in [1.54, 1.807) is 13.0 Å². The molecule has 0 aromatic carbocycles. The molecular formula is C14H20N4O3. The van der Waals surface area contributed by atoms with Gasteiger partial charge in [-0.2, -0.15) is 0 Å². The Kier molecular flexibility index (Phi) is 3.77. The van der Waals surface area contributed by atoms with Crippen molar-refractivity contribution < 1.29 is 10.0 Å². The van der Waals surface area contributed by atoms with Crippen molar-refractivity contribution in [1.29, 1.82) is 0 Å². The number of nitro groups is 1. The molecule has 0 saturated carbocycles. The van der Waals surface area contributed by atoms with E-state index in [4.69, 9.17) is 0 Å². The van der Waals surface area contributed by atoms with Gasteiger partial charge in [-0.1, -0.05) is 0 Å². The zero-order valence-electron chi connectivity index (χ0n) is 12.1. The predicted molar refractivity (Wildman–Crippen MR) is 78.4 cm³/mol. The van der Waals surface area contributed by atoms with Crippen molar-refractivity contribution in [3.8, 4) is 0 Å². The molecule has 2 aliphatic heterocycles. The van der Waals surface area contributed by atoms with Gasteiger partial charge in [0.15, 0.2) is 0 Å². The van der Waals surface area contributed by atoms with Crippen molar-refractivity contribution in [2.45, 2.75) is 31.8 Å². The molecule has 2 saturated heterocycles. The number of nitrogens with zero attached hydrogens (tertiary/aromatic N) is 4. The molecule has 2 fully saturated rings. The summed E-state index contributed by atoms with van der Waals surface area (Å²) in [6, 6.07) is 3.71. The summed E-state index contributed by atoms with van der Waals surface area (Å²) in [6.45, 7) is 4.48. The molecule has 2 atom stereocenters. The summed E-state index contributed by atoms with van der Waals surface area (Å²) in [5, 5.41) is 20.5. The maximum absolute atomic E-state index is 10.9. The summed E-state index contributed by atoms with van der Waals surface area (Å²) in [6.07, 6.45) is 2.37. The van der Waals surface area contributed by atoms with E-state index in [1.165, 1.54) is 18.9 Å². The Morgan fingerprint density at radius 1 is 1.48 bits per heavy atom. The first-order chi connectivity index (χ1) is 10.1. The smallest absolute Gasteiger partial charge is 0.290 e. The van der Waals surface area contributed by atoms with Gasteiger partial charge in [0.25, 0.3) is 5.69 Å². The highest BCUT2D eigenvalue weighted by atomic mass is 16.6. The van der Waals surface area contributed by atoms with Gasteiger partial charge < -0.3 is 10.0 Å². The van der Waals surface area contributed by atoms with Crippen LogP contribution in [0.2, 0.25) is 0 Å². The highest BCUT2D eigenvalue weighted by Crippen LogP contribution is 2.29. The van der Waals surface area contributed by atoms with Gasteiger partial charge in [0, 0.05) is 25.2 Å². The van der Waals surface area contributed by atoms with Crippen LogP contribution in [-0.4, -0.2) is 58.2 Å². The van der Waals surface area contributed by atoms with Crippen molar-refractivity contribution in [3.63, 3.8) is 0 Å². The van der Waals surface area contributed by atoms with E-state index in [2.05, 4.69) is 14.8 Å². The summed E-state index contributed by atoms with van der Waals surface area (Å²) < 4.78 is 0. The summed E-state index contributed by atoms with van der Waals surface area (Å²) >= 11 is 0. The van der Waals surface area contributed by atoms with E-state index in [-0.39, 0.29) is 18.3 Å². The topological polar surface area (TPSA) is 82.7 Å². The molecule has 0 spiro atoms. The van der Waals surface area contributed by atoms with Crippen LogP contribution in [0.5, 0.6) is 0 Å². The third-order valence-corrected chi connectivity index (χ3v) is 4.54. The molecule has 0 amide bonds. The Balaban J connectivity index is 1.87. The van der Waals surface area contributed by atoms with Crippen LogP contribution in [0, 0.1) is 17.0 Å². The van der Waals surface area contributed by atoms with Gasteiger partial charge in [0.1, 0.15) is 11.5 Å². The lowest BCUT2D eigenvalue weighted by Crippen LogP contribution is -2.57. The maximum atomic E-state index is 10.9. The minimum atomic E-state index is -0.412. The molecule has 114 valence electrons. The van der Waals surface area contributed by atoms with E-state index < -0.39 is 4.92 Å². The zero-order chi connectivity index (χ0) is 15.0.